The van der Waals surface area contributed by atoms with Crippen molar-refractivity contribution in [3.63, 3.8) is 0 Å². The monoisotopic (exact) mass is 419 g/mol. The van der Waals surface area contributed by atoms with Crippen LogP contribution in [0.25, 0.3) is 0 Å². The average molecular weight is 420 g/mol. The summed E-state index contributed by atoms with van der Waals surface area (Å²) in [6.45, 7) is 2.31. The summed E-state index contributed by atoms with van der Waals surface area (Å²) in [6, 6.07) is 3.51. The van der Waals surface area contributed by atoms with Gasteiger partial charge in [-0.3, -0.25) is 4.79 Å². The molecule has 1 aliphatic rings. The van der Waals surface area contributed by atoms with Crippen LogP contribution in [0.15, 0.2) is 23.1 Å². The predicted molar refractivity (Wildman–Crippen MR) is 102 cm³/mol. The van der Waals surface area contributed by atoms with Gasteiger partial charge in [-0.2, -0.15) is 4.31 Å². The number of hydrogen-bond donors (Lipinski definition) is 1. The first-order chi connectivity index (χ1) is 12.5. The second-order valence-corrected chi connectivity index (χ2v) is 10.5. The third kappa shape index (κ3) is 4.78. The molecule has 1 amide bonds. The number of sulfonamides is 2. The lowest BCUT2D eigenvalue weighted by molar-refractivity contribution is -0.119. The fraction of sp³-hybridized carbons (Fsp3) is 0.562. The number of benzene rings is 1. The molecule has 0 bridgehead atoms. The van der Waals surface area contributed by atoms with E-state index in [2.05, 4.69) is 5.32 Å². The zero-order valence-electron chi connectivity index (χ0n) is 15.8. The van der Waals surface area contributed by atoms with Gasteiger partial charge >= 0.3 is 0 Å². The third-order valence-corrected chi connectivity index (χ3v) is 7.33. The van der Waals surface area contributed by atoms with Crippen LogP contribution in [0.3, 0.4) is 0 Å². The molecule has 0 unspecified atom stereocenters. The van der Waals surface area contributed by atoms with Crippen LogP contribution in [0.1, 0.15) is 19.8 Å². The van der Waals surface area contributed by atoms with Gasteiger partial charge in [0.1, 0.15) is 16.7 Å². The second-order valence-electron chi connectivity index (χ2n) is 6.40. The van der Waals surface area contributed by atoms with E-state index in [4.69, 9.17) is 4.74 Å². The third-order valence-electron chi connectivity index (χ3n) is 4.20. The number of nitrogens with zero attached hydrogens (tertiary/aromatic N) is 2. The van der Waals surface area contributed by atoms with Gasteiger partial charge in [0.15, 0.2) is 0 Å². The Morgan fingerprint density at radius 1 is 1.30 bits per heavy atom. The molecule has 1 aromatic rings. The second kappa shape index (κ2) is 8.13. The smallest absolute Gasteiger partial charge is 0.246 e. The molecule has 1 N–H and O–H groups in total. The molecular formula is C16H25N3O6S2. The summed E-state index contributed by atoms with van der Waals surface area (Å²) >= 11 is 0. The average Bonchev–Trinajstić information content (AvgIpc) is 3.06. The van der Waals surface area contributed by atoms with Crippen LogP contribution in [-0.2, 0) is 24.8 Å². The molecule has 1 atom stereocenters. The summed E-state index contributed by atoms with van der Waals surface area (Å²) in [7, 11) is -4.48. The van der Waals surface area contributed by atoms with Gasteiger partial charge in [-0.25, -0.2) is 21.1 Å². The maximum absolute atomic E-state index is 12.6. The molecule has 1 aliphatic heterocycles. The van der Waals surface area contributed by atoms with Crippen molar-refractivity contribution in [2.45, 2.75) is 30.7 Å². The zero-order chi connectivity index (χ0) is 20.4. The molecule has 1 heterocycles. The maximum Gasteiger partial charge on any atom is 0.246 e. The highest BCUT2D eigenvalue weighted by atomic mass is 32.2. The molecule has 1 saturated heterocycles. The lowest BCUT2D eigenvalue weighted by Gasteiger charge is -2.22. The molecule has 1 aromatic carbocycles. The van der Waals surface area contributed by atoms with Crippen LogP contribution in [0.2, 0.25) is 0 Å². The number of ether oxygens (including phenoxy) is 1. The zero-order valence-corrected chi connectivity index (χ0v) is 17.4. The fourth-order valence-corrected chi connectivity index (χ4v) is 5.06. The van der Waals surface area contributed by atoms with Gasteiger partial charge in [0.05, 0.1) is 12.9 Å². The van der Waals surface area contributed by atoms with E-state index >= 15 is 0 Å². The highest BCUT2D eigenvalue weighted by Gasteiger charge is 2.36. The summed E-state index contributed by atoms with van der Waals surface area (Å²) in [5.74, 6) is -0.307. The number of carbonyl (C=O) groups is 1. The van der Waals surface area contributed by atoms with Crippen molar-refractivity contribution < 1.29 is 26.4 Å². The van der Waals surface area contributed by atoms with Gasteiger partial charge in [0.25, 0.3) is 0 Å². The van der Waals surface area contributed by atoms with Crippen LogP contribution in [0, 0.1) is 0 Å². The number of rotatable bonds is 7. The van der Waals surface area contributed by atoms with Gasteiger partial charge in [-0.1, -0.05) is 0 Å². The molecule has 0 radical (unpaired) electrons. The normalized spacial score (nSPS) is 18.6. The van der Waals surface area contributed by atoms with Crippen molar-refractivity contribution in [2.24, 2.45) is 0 Å². The predicted octanol–water partition coefficient (Wildman–Crippen LogP) is 0.698. The SMILES string of the molecule is CCOc1ccc(NC(=O)[C@H]2CCCN2S(C)(=O)=O)cc1S(=O)(=O)N(C)C. The standard InChI is InChI=1S/C16H25N3O6S2/c1-5-25-14-9-8-12(11-15(14)27(23,24)18(2)3)17-16(20)13-7-6-10-19(13)26(4,21)22/h8-9,11,13H,5-7,10H2,1-4H3,(H,17,20)/t13-/m1/s1. The molecular weight excluding hydrogens is 394 g/mol. The quantitative estimate of drug-likeness (QED) is 0.696. The number of hydrogen-bond acceptors (Lipinski definition) is 6. The Morgan fingerprint density at radius 3 is 2.52 bits per heavy atom. The Bertz CT molecular complexity index is 912. The number of nitrogens with one attached hydrogen (secondary N) is 1. The molecule has 9 nitrogen and oxygen atoms in total. The Kier molecular flexibility index (Phi) is 6.51. The van der Waals surface area contributed by atoms with E-state index in [0.717, 1.165) is 14.9 Å². The van der Waals surface area contributed by atoms with E-state index in [9.17, 15) is 21.6 Å². The minimum absolute atomic E-state index is 0.0708. The van der Waals surface area contributed by atoms with Crippen LogP contribution in [-0.4, -0.2) is 70.9 Å². The summed E-state index contributed by atoms with van der Waals surface area (Å²) in [6.07, 6.45) is 2.07. The first kappa shape index (κ1) is 21.6. The van der Waals surface area contributed by atoms with Crippen molar-refractivity contribution in [1.29, 1.82) is 0 Å². The van der Waals surface area contributed by atoms with Crippen LogP contribution in [0.5, 0.6) is 5.75 Å². The number of anilines is 1. The van der Waals surface area contributed by atoms with E-state index in [-0.39, 0.29) is 22.9 Å². The van der Waals surface area contributed by atoms with Crippen molar-refractivity contribution in [2.75, 3.05) is 38.8 Å². The highest BCUT2D eigenvalue weighted by Crippen LogP contribution is 2.30. The molecule has 2 rings (SSSR count). The van der Waals surface area contributed by atoms with Crippen molar-refractivity contribution in [3.05, 3.63) is 18.2 Å². The first-order valence-electron chi connectivity index (χ1n) is 8.45. The summed E-state index contributed by atoms with van der Waals surface area (Å²) < 4.78 is 56.4. The topological polar surface area (TPSA) is 113 Å². The van der Waals surface area contributed by atoms with Gasteiger partial charge in [0, 0.05) is 26.3 Å². The lowest BCUT2D eigenvalue weighted by atomic mass is 10.2. The van der Waals surface area contributed by atoms with Crippen molar-refractivity contribution in [1.82, 2.24) is 8.61 Å². The van der Waals surface area contributed by atoms with Crippen LogP contribution < -0.4 is 10.1 Å². The first-order valence-corrected chi connectivity index (χ1v) is 11.7. The molecule has 152 valence electrons. The van der Waals surface area contributed by atoms with E-state index in [0.29, 0.717) is 19.4 Å². The number of amides is 1. The summed E-state index contributed by atoms with van der Waals surface area (Å²) in [5, 5.41) is 2.62. The van der Waals surface area contributed by atoms with Gasteiger partial charge in [0.2, 0.25) is 26.0 Å². The van der Waals surface area contributed by atoms with E-state index in [1.807, 2.05) is 0 Å². The molecule has 27 heavy (non-hydrogen) atoms. The highest BCUT2D eigenvalue weighted by molar-refractivity contribution is 7.89. The van der Waals surface area contributed by atoms with Gasteiger partial charge < -0.3 is 10.1 Å². The van der Waals surface area contributed by atoms with Crippen molar-refractivity contribution >= 4 is 31.6 Å². The summed E-state index contributed by atoms with van der Waals surface area (Å²) in [4.78, 5) is 12.5. The van der Waals surface area contributed by atoms with Crippen molar-refractivity contribution in [3.8, 4) is 5.75 Å². The summed E-state index contributed by atoms with van der Waals surface area (Å²) in [5.41, 5.74) is 0.254. The minimum atomic E-state index is -3.79. The molecule has 0 aromatic heterocycles. The van der Waals surface area contributed by atoms with E-state index < -0.39 is 32.0 Å². The largest absolute Gasteiger partial charge is 0.492 e. The van der Waals surface area contributed by atoms with E-state index in [1.165, 1.54) is 32.3 Å². The van der Waals surface area contributed by atoms with Gasteiger partial charge in [-0.05, 0) is 38.0 Å². The fourth-order valence-electron chi connectivity index (χ4n) is 2.88. The molecule has 0 spiro atoms. The minimum Gasteiger partial charge on any atom is -0.492 e. The van der Waals surface area contributed by atoms with Crippen LogP contribution >= 0.6 is 0 Å². The lowest BCUT2D eigenvalue weighted by Crippen LogP contribution is -2.42. The molecule has 11 heteroatoms. The number of carbonyl (C=O) groups excluding carboxylic acids is 1. The van der Waals surface area contributed by atoms with Crippen LogP contribution in [0.4, 0.5) is 5.69 Å². The Labute approximate surface area is 160 Å². The Balaban J connectivity index is 2.33. The Morgan fingerprint density at radius 2 is 1.96 bits per heavy atom. The van der Waals surface area contributed by atoms with Gasteiger partial charge in [-0.15, -0.1) is 0 Å². The molecule has 0 saturated carbocycles. The molecule has 0 aliphatic carbocycles. The molecule has 1 fully saturated rings. The Hall–Kier alpha value is -1.69. The van der Waals surface area contributed by atoms with E-state index in [1.54, 1.807) is 6.92 Å². The maximum atomic E-state index is 12.6.